The van der Waals surface area contributed by atoms with Gasteiger partial charge >= 0.3 is 5.97 Å². The van der Waals surface area contributed by atoms with Crippen molar-refractivity contribution in [3.63, 3.8) is 0 Å². The normalized spacial score (nSPS) is 8.14. The number of hydrogen-bond donors (Lipinski definition) is 2. The second kappa shape index (κ2) is 6.62. The van der Waals surface area contributed by atoms with Crippen molar-refractivity contribution in [3.8, 4) is 0 Å². The van der Waals surface area contributed by atoms with Gasteiger partial charge in [0.15, 0.2) is 0 Å². The summed E-state index contributed by atoms with van der Waals surface area (Å²) in [5, 5.41) is 15.4. The Bertz CT molecular complexity index is 289. The molecule has 2 N–H and O–H groups in total. The number of hydrogen-bond acceptors (Lipinski definition) is 4. The molecule has 0 fully saturated rings. The molecule has 0 radical (unpaired) electrons. The highest BCUT2D eigenvalue weighted by Crippen LogP contribution is 1.98. The van der Waals surface area contributed by atoms with Crippen LogP contribution in [0.25, 0.3) is 0 Å². The van der Waals surface area contributed by atoms with Crippen molar-refractivity contribution in [3.05, 3.63) is 35.9 Å². The molecule has 0 spiro atoms. The zero-order valence-electron chi connectivity index (χ0n) is 7.51. The monoisotopic (exact) mass is 198 g/mol. The summed E-state index contributed by atoms with van der Waals surface area (Å²) in [6, 6.07) is 8.25. The van der Waals surface area contributed by atoms with Crippen LogP contribution in [0, 0.1) is 0 Å². The van der Waals surface area contributed by atoms with E-state index in [1.807, 2.05) is 0 Å². The molecule has 0 unspecified atom stereocenters. The summed E-state index contributed by atoms with van der Waals surface area (Å²) >= 11 is 0. The van der Waals surface area contributed by atoms with E-state index in [0.29, 0.717) is 5.56 Å². The van der Waals surface area contributed by atoms with E-state index in [0.717, 1.165) is 6.92 Å². The smallest absolute Gasteiger partial charge is 0.372 e. The molecule has 1 aromatic carbocycles. The lowest BCUT2D eigenvalue weighted by molar-refractivity contribution is -0.182. The SMILES string of the molecule is CC(=O)O.O=C(OO)c1ccccc1. The van der Waals surface area contributed by atoms with Gasteiger partial charge in [0.25, 0.3) is 5.97 Å². The maximum absolute atomic E-state index is 10.5. The minimum atomic E-state index is -0.833. The standard InChI is InChI=1S/C7H6O3.C2H4O2/c8-7(10-9)6-4-2-1-3-5-6;1-2(3)4/h1-5,9H;1H3,(H,3,4). The predicted molar refractivity (Wildman–Crippen MR) is 47.8 cm³/mol. The van der Waals surface area contributed by atoms with Crippen LogP contribution in [0.1, 0.15) is 17.3 Å². The first-order chi connectivity index (χ1) is 6.57. The van der Waals surface area contributed by atoms with Crippen molar-refractivity contribution >= 4 is 11.9 Å². The summed E-state index contributed by atoms with van der Waals surface area (Å²) in [6.07, 6.45) is 0. The minimum Gasteiger partial charge on any atom is -0.481 e. The lowest BCUT2D eigenvalue weighted by atomic mass is 10.2. The first kappa shape index (κ1) is 12.1. The third-order valence-corrected chi connectivity index (χ3v) is 1.09. The largest absolute Gasteiger partial charge is 0.481 e. The van der Waals surface area contributed by atoms with Gasteiger partial charge in [-0.3, -0.25) is 9.68 Å². The molecule has 0 amide bonds. The van der Waals surface area contributed by atoms with Gasteiger partial charge in [-0.05, 0) is 12.1 Å². The van der Waals surface area contributed by atoms with E-state index in [1.165, 1.54) is 0 Å². The van der Waals surface area contributed by atoms with E-state index in [2.05, 4.69) is 4.89 Å². The van der Waals surface area contributed by atoms with Gasteiger partial charge in [0.05, 0.1) is 5.56 Å². The maximum atomic E-state index is 10.5. The maximum Gasteiger partial charge on any atom is 0.372 e. The van der Waals surface area contributed by atoms with Crippen molar-refractivity contribution in [2.45, 2.75) is 6.92 Å². The van der Waals surface area contributed by atoms with Gasteiger partial charge in [-0.25, -0.2) is 4.79 Å². The Morgan fingerprint density at radius 3 is 2.00 bits per heavy atom. The summed E-state index contributed by atoms with van der Waals surface area (Å²) in [6.45, 7) is 1.08. The number of carbonyl (C=O) groups excluding carboxylic acids is 1. The second-order valence-electron chi connectivity index (χ2n) is 2.26. The summed E-state index contributed by atoms with van der Waals surface area (Å²) in [4.78, 5) is 23.0. The average Bonchev–Trinajstić information content (AvgIpc) is 2.17. The first-order valence-electron chi connectivity index (χ1n) is 3.68. The molecule has 1 aromatic rings. The Hall–Kier alpha value is -1.88. The number of benzene rings is 1. The highest BCUT2D eigenvalue weighted by Gasteiger charge is 2.02. The summed E-state index contributed by atoms with van der Waals surface area (Å²) in [5.41, 5.74) is 0.338. The highest BCUT2D eigenvalue weighted by atomic mass is 17.1. The molecular weight excluding hydrogens is 188 g/mol. The van der Waals surface area contributed by atoms with Crippen LogP contribution in [0.5, 0.6) is 0 Å². The van der Waals surface area contributed by atoms with Gasteiger partial charge in [0, 0.05) is 6.92 Å². The summed E-state index contributed by atoms with van der Waals surface area (Å²) in [5.74, 6) is -1.57. The van der Waals surface area contributed by atoms with Crippen molar-refractivity contribution in [1.29, 1.82) is 0 Å². The number of carboxylic acids is 1. The number of aliphatic carboxylic acids is 1. The molecule has 0 saturated heterocycles. The van der Waals surface area contributed by atoms with E-state index in [4.69, 9.17) is 15.2 Å². The van der Waals surface area contributed by atoms with Crippen molar-refractivity contribution < 1.29 is 24.8 Å². The molecule has 1 rings (SSSR count). The Balaban J connectivity index is 0.000000364. The Morgan fingerprint density at radius 1 is 1.21 bits per heavy atom. The molecule has 0 saturated carbocycles. The van der Waals surface area contributed by atoms with Crippen LogP contribution in [-0.2, 0) is 9.68 Å². The van der Waals surface area contributed by atoms with Crippen LogP contribution in [0.2, 0.25) is 0 Å². The second-order valence-corrected chi connectivity index (χ2v) is 2.26. The first-order valence-corrected chi connectivity index (χ1v) is 3.68. The fourth-order valence-electron chi connectivity index (χ4n) is 0.627. The Labute approximate surface area is 80.5 Å². The third-order valence-electron chi connectivity index (χ3n) is 1.09. The lowest BCUT2D eigenvalue weighted by Gasteiger charge is -1.92. The van der Waals surface area contributed by atoms with E-state index < -0.39 is 11.9 Å². The Morgan fingerprint density at radius 2 is 1.64 bits per heavy atom. The van der Waals surface area contributed by atoms with E-state index >= 15 is 0 Å². The van der Waals surface area contributed by atoms with Crippen LogP contribution < -0.4 is 0 Å². The number of carbonyl (C=O) groups is 2. The number of carboxylic acid groups (broad SMARTS) is 1. The zero-order chi connectivity index (χ0) is 11.0. The van der Waals surface area contributed by atoms with E-state index in [9.17, 15) is 4.79 Å². The predicted octanol–water partition coefficient (Wildman–Crippen LogP) is 1.41. The average molecular weight is 198 g/mol. The molecule has 0 atom stereocenters. The van der Waals surface area contributed by atoms with Crippen LogP contribution in [0.15, 0.2) is 30.3 Å². The molecule has 5 heteroatoms. The van der Waals surface area contributed by atoms with Gasteiger partial charge in [-0.15, -0.1) is 0 Å². The van der Waals surface area contributed by atoms with Crippen molar-refractivity contribution in [1.82, 2.24) is 0 Å². The quantitative estimate of drug-likeness (QED) is 0.526. The van der Waals surface area contributed by atoms with E-state index in [-0.39, 0.29) is 0 Å². The molecule has 0 aliphatic carbocycles. The zero-order valence-corrected chi connectivity index (χ0v) is 7.51. The van der Waals surface area contributed by atoms with Gasteiger partial charge < -0.3 is 5.11 Å². The lowest BCUT2D eigenvalue weighted by Crippen LogP contribution is -2.00. The number of rotatable bonds is 1. The Kier molecular flexibility index (Phi) is 5.73. The van der Waals surface area contributed by atoms with Crippen LogP contribution in [-0.4, -0.2) is 22.3 Å². The van der Waals surface area contributed by atoms with Gasteiger partial charge in [-0.1, -0.05) is 18.2 Å². The fourth-order valence-corrected chi connectivity index (χ4v) is 0.627. The van der Waals surface area contributed by atoms with E-state index in [1.54, 1.807) is 30.3 Å². The van der Waals surface area contributed by atoms with Gasteiger partial charge in [0.1, 0.15) is 0 Å². The molecule has 0 aliphatic rings. The highest BCUT2D eigenvalue weighted by molar-refractivity contribution is 5.88. The van der Waals surface area contributed by atoms with Gasteiger partial charge in [0.2, 0.25) is 0 Å². The molecule has 76 valence electrons. The topological polar surface area (TPSA) is 83.8 Å². The molecular formula is C9H10O5. The molecule has 0 bridgehead atoms. The summed E-state index contributed by atoms with van der Waals surface area (Å²) < 4.78 is 0. The van der Waals surface area contributed by atoms with Gasteiger partial charge in [-0.2, -0.15) is 5.26 Å². The third kappa shape index (κ3) is 5.73. The van der Waals surface area contributed by atoms with Crippen LogP contribution in [0.4, 0.5) is 0 Å². The summed E-state index contributed by atoms with van der Waals surface area (Å²) in [7, 11) is 0. The molecule has 0 aliphatic heterocycles. The minimum absolute atomic E-state index is 0.338. The van der Waals surface area contributed by atoms with Crippen molar-refractivity contribution in [2.75, 3.05) is 0 Å². The molecule has 0 heterocycles. The molecule has 14 heavy (non-hydrogen) atoms. The van der Waals surface area contributed by atoms with Crippen molar-refractivity contribution in [2.24, 2.45) is 0 Å². The fraction of sp³-hybridized carbons (Fsp3) is 0.111. The van der Waals surface area contributed by atoms with Crippen LogP contribution >= 0.6 is 0 Å². The van der Waals surface area contributed by atoms with Crippen LogP contribution in [0.3, 0.4) is 0 Å². The molecule has 0 aromatic heterocycles. The molecule has 5 nitrogen and oxygen atoms in total.